The zero-order valence-electron chi connectivity index (χ0n) is 7.96. The molecule has 1 unspecified atom stereocenters. The third kappa shape index (κ3) is 1.29. The first-order valence-corrected chi connectivity index (χ1v) is 4.42. The van der Waals surface area contributed by atoms with Crippen molar-refractivity contribution in [3.63, 3.8) is 0 Å². The van der Waals surface area contributed by atoms with Crippen molar-refractivity contribution in [1.29, 1.82) is 0 Å². The minimum Gasteiger partial charge on any atom is -0.230 e. The zero-order valence-corrected chi connectivity index (χ0v) is 7.96. The molecule has 0 aromatic carbocycles. The molecule has 1 aliphatic rings. The molecule has 1 heterocycles. The highest BCUT2D eigenvalue weighted by Gasteiger charge is 2.48. The molecule has 0 aliphatic carbocycles. The molecule has 3 nitrogen and oxygen atoms in total. The fourth-order valence-electron chi connectivity index (χ4n) is 1.68. The van der Waals surface area contributed by atoms with Crippen LogP contribution in [0.25, 0.3) is 0 Å². The monoisotopic (exact) mass is 170 g/mol. The normalized spacial score (nSPS) is 28.1. The second-order valence-electron chi connectivity index (χ2n) is 3.88. The molecule has 0 bridgehead atoms. The lowest BCUT2D eigenvalue weighted by Gasteiger charge is -2.17. The van der Waals surface area contributed by atoms with E-state index in [0.717, 1.165) is 12.8 Å². The maximum Gasteiger partial charge on any atom is 0.324 e. The Morgan fingerprint density at radius 1 is 1.42 bits per heavy atom. The number of imide groups is 1. The summed E-state index contributed by atoms with van der Waals surface area (Å²) >= 11 is 0. The number of nitrogens with zero attached hydrogens (tertiary/aromatic N) is 1. The number of likely N-dealkylation sites (tertiary alicyclic amines) is 1. The molecular weight excluding hydrogens is 154 g/mol. The average molecular weight is 170 g/mol. The topological polar surface area (TPSA) is 34.1 Å². The summed E-state index contributed by atoms with van der Waals surface area (Å²) in [6, 6.07) is 0. The summed E-state index contributed by atoms with van der Waals surface area (Å²) in [6.45, 7) is 2.04. The van der Waals surface area contributed by atoms with E-state index in [1.54, 1.807) is 14.1 Å². The lowest BCUT2D eigenvalue weighted by atomic mass is 10.0. The molecule has 0 spiro atoms. The quantitative estimate of drug-likeness (QED) is 0.456. The first kappa shape index (κ1) is 9.39. The van der Waals surface area contributed by atoms with Gasteiger partial charge in [-0.05, 0) is 6.42 Å². The first-order valence-electron chi connectivity index (χ1n) is 4.42. The van der Waals surface area contributed by atoms with Crippen LogP contribution in [0.3, 0.4) is 0 Å². The van der Waals surface area contributed by atoms with E-state index in [4.69, 9.17) is 0 Å². The van der Waals surface area contributed by atoms with Crippen molar-refractivity contribution >= 4 is 11.8 Å². The molecule has 0 aromatic heterocycles. The SMILES string of the molecule is CCCC1CC(=O)[N+](C)(C)C1=O. The van der Waals surface area contributed by atoms with Crippen LogP contribution in [0.2, 0.25) is 0 Å². The molecule has 0 N–H and O–H groups in total. The van der Waals surface area contributed by atoms with Gasteiger partial charge in [-0.1, -0.05) is 13.3 Å². The van der Waals surface area contributed by atoms with Crippen molar-refractivity contribution in [2.75, 3.05) is 14.1 Å². The number of amides is 2. The van der Waals surface area contributed by atoms with Gasteiger partial charge in [0, 0.05) is 0 Å². The van der Waals surface area contributed by atoms with E-state index in [1.807, 2.05) is 6.92 Å². The molecule has 0 radical (unpaired) electrons. The van der Waals surface area contributed by atoms with Crippen LogP contribution >= 0.6 is 0 Å². The molecule has 3 heteroatoms. The van der Waals surface area contributed by atoms with Gasteiger partial charge in [-0.15, -0.1) is 0 Å². The van der Waals surface area contributed by atoms with E-state index in [9.17, 15) is 9.59 Å². The van der Waals surface area contributed by atoms with Crippen LogP contribution in [0.1, 0.15) is 26.2 Å². The summed E-state index contributed by atoms with van der Waals surface area (Å²) in [4.78, 5) is 22.9. The van der Waals surface area contributed by atoms with E-state index in [2.05, 4.69) is 0 Å². The maximum absolute atomic E-state index is 11.6. The molecule has 0 aromatic rings. The lowest BCUT2D eigenvalue weighted by Crippen LogP contribution is -2.45. The van der Waals surface area contributed by atoms with Crippen LogP contribution in [0, 0.1) is 5.92 Å². The highest BCUT2D eigenvalue weighted by Crippen LogP contribution is 2.26. The number of quaternary nitrogens is 1. The summed E-state index contributed by atoms with van der Waals surface area (Å²) in [5.41, 5.74) is 0. The summed E-state index contributed by atoms with van der Waals surface area (Å²) in [6.07, 6.45) is 2.27. The van der Waals surface area contributed by atoms with Crippen LogP contribution in [0.15, 0.2) is 0 Å². The number of rotatable bonds is 2. The second-order valence-corrected chi connectivity index (χ2v) is 3.88. The number of carbonyl (C=O) groups is 2. The van der Waals surface area contributed by atoms with E-state index in [-0.39, 0.29) is 22.2 Å². The molecule has 1 saturated heterocycles. The largest absolute Gasteiger partial charge is 0.324 e. The molecule has 0 saturated carbocycles. The first-order chi connectivity index (χ1) is 5.50. The minimum atomic E-state index is -0.0509. The smallest absolute Gasteiger partial charge is 0.230 e. The summed E-state index contributed by atoms with van der Waals surface area (Å²) < 4.78 is -0.0509. The molecule has 12 heavy (non-hydrogen) atoms. The van der Waals surface area contributed by atoms with Gasteiger partial charge in [0.1, 0.15) is 0 Å². The van der Waals surface area contributed by atoms with Crippen LogP contribution in [0.5, 0.6) is 0 Å². The standard InChI is InChI=1S/C9H16NO2/c1-4-5-7-6-8(11)10(2,3)9(7)12/h7H,4-6H2,1-3H3/q+1. The summed E-state index contributed by atoms with van der Waals surface area (Å²) in [7, 11) is 3.36. The Morgan fingerprint density at radius 3 is 2.33 bits per heavy atom. The minimum absolute atomic E-state index is 0.0162. The van der Waals surface area contributed by atoms with Crippen molar-refractivity contribution in [1.82, 2.24) is 0 Å². The van der Waals surface area contributed by atoms with Crippen molar-refractivity contribution in [2.24, 2.45) is 5.92 Å². The predicted molar refractivity (Wildman–Crippen MR) is 45.1 cm³/mol. The molecule has 1 rings (SSSR count). The van der Waals surface area contributed by atoms with Crippen molar-refractivity contribution in [3.8, 4) is 0 Å². The fourth-order valence-corrected chi connectivity index (χ4v) is 1.68. The van der Waals surface area contributed by atoms with Crippen molar-refractivity contribution in [2.45, 2.75) is 26.2 Å². The maximum atomic E-state index is 11.6. The van der Waals surface area contributed by atoms with Gasteiger partial charge in [0.25, 0.3) is 0 Å². The fraction of sp³-hybridized carbons (Fsp3) is 0.778. The molecule has 68 valence electrons. The number of hydrogen-bond acceptors (Lipinski definition) is 2. The van der Waals surface area contributed by atoms with Gasteiger partial charge >= 0.3 is 11.8 Å². The second kappa shape index (κ2) is 2.98. The molecule has 1 fully saturated rings. The van der Waals surface area contributed by atoms with Crippen molar-refractivity contribution < 1.29 is 14.1 Å². The highest BCUT2D eigenvalue weighted by atomic mass is 16.2. The van der Waals surface area contributed by atoms with Crippen molar-refractivity contribution in [3.05, 3.63) is 0 Å². The number of hydrogen-bond donors (Lipinski definition) is 0. The average Bonchev–Trinajstić information content (AvgIpc) is 2.17. The van der Waals surface area contributed by atoms with Crippen LogP contribution in [-0.2, 0) is 9.59 Å². The Labute approximate surface area is 72.9 Å². The van der Waals surface area contributed by atoms with E-state index in [0.29, 0.717) is 6.42 Å². The molecule has 2 amide bonds. The molecule has 1 atom stereocenters. The van der Waals surface area contributed by atoms with Crippen LogP contribution in [-0.4, -0.2) is 30.4 Å². The third-order valence-corrected chi connectivity index (χ3v) is 2.58. The Hall–Kier alpha value is -0.700. The van der Waals surface area contributed by atoms with E-state index < -0.39 is 0 Å². The summed E-state index contributed by atoms with van der Waals surface area (Å²) in [5.74, 6) is 0.123. The van der Waals surface area contributed by atoms with E-state index in [1.165, 1.54) is 0 Å². The van der Waals surface area contributed by atoms with Gasteiger partial charge in [-0.2, -0.15) is 0 Å². The van der Waals surface area contributed by atoms with Gasteiger partial charge in [-0.3, -0.25) is 0 Å². The summed E-state index contributed by atoms with van der Waals surface area (Å²) in [5, 5.41) is 0. The predicted octanol–water partition coefficient (Wildman–Crippen LogP) is 0.936. The Morgan fingerprint density at radius 2 is 2.00 bits per heavy atom. The van der Waals surface area contributed by atoms with Gasteiger partial charge < -0.3 is 0 Å². The lowest BCUT2D eigenvalue weighted by molar-refractivity contribution is -0.729. The highest BCUT2D eigenvalue weighted by molar-refractivity contribution is 5.93. The van der Waals surface area contributed by atoms with Gasteiger partial charge in [0.2, 0.25) is 0 Å². The Kier molecular flexibility index (Phi) is 2.33. The Bertz CT molecular complexity index is 221. The number of carbonyl (C=O) groups excluding carboxylic acids is 2. The van der Waals surface area contributed by atoms with Crippen LogP contribution < -0.4 is 0 Å². The molecule has 1 aliphatic heterocycles. The third-order valence-electron chi connectivity index (χ3n) is 2.58. The van der Waals surface area contributed by atoms with Gasteiger partial charge in [0.05, 0.1) is 26.4 Å². The Balaban J connectivity index is 2.76. The van der Waals surface area contributed by atoms with Gasteiger partial charge in [0.15, 0.2) is 0 Å². The van der Waals surface area contributed by atoms with E-state index >= 15 is 0 Å². The molecular formula is C9H16NO2+. The van der Waals surface area contributed by atoms with Gasteiger partial charge in [-0.25, -0.2) is 14.1 Å². The van der Waals surface area contributed by atoms with Crippen LogP contribution in [0.4, 0.5) is 0 Å². The zero-order chi connectivity index (χ0) is 9.35.